The highest BCUT2D eigenvalue weighted by Gasteiger charge is 2.61. The molecule has 3 nitrogen and oxygen atoms in total. The van der Waals surface area contributed by atoms with Gasteiger partial charge in [0.25, 0.3) is 0 Å². The predicted octanol–water partition coefficient (Wildman–Crippen LogP) is 3.94. The lowest BCUT2D eigenvalue weighted by molar-refractivity contribution is -0.157. The number of alkyl halides is 9. The number of aromatic nitrogens is 2. The van der Waals surface area contributed by atoms with Gasteiger partial charge in [-0.1, -0.05) is 0 Å². The summed E-state index contributed by atoms with van der Waals surface area (Å²) in [5.41, 5.74) is -4.59. The molecule has 0 saturated heterocycles. The Morgan fingerprint density at radius 2 is 1.70 bits per heavy atom. The van der Waals surface area contributed by atoms with Gasteiger partial charge in [-0.3, -0.25) is 4.68 Å². The topological polar surface area (TPSA) is 38.1 Å². The molecule has 0 bridgehead atoms. The molecule has 2 atom stereocenters. The fourth-order valence-electron chi connectivity index (χ4n) is 2.35. The molecule has 0 unspecified atom stereocenters. The van der Waals surface area contributed by atoms with E-state index in [2.05, 4.69) is 5.10 Å². The number of fused-ring (bicyclic) bond motifs is 1. The van der Waals surface area contributed by atoms with Gasteiger partial charge in [0, 0.05) is 18.5 Å². The van der Waals surface area contributed by atoms with Crippen molar-refractivity contribution in [3.05, 3.63) is 17.0 Å². The van der Waals surface area contributed by atoms with Crippen molar-refractivity contribution < 1.29 is 44.6 Å². The van der Waals surface area contributed by atoms with Gasteiger partial charge in [-0.05, 0) is 6.42 Å². The molecule has 12 heteroatoms. The number of rotatable bonds is 3. The van der Waals surface area contributed by atoms with Crippen molar-refractivity contribution in [2.45, 2.75) is 49.9 Å². The van der Waals surface area contributed by atoms with Crippen molar-refractivity contribution in [3.8, 4) is 0 Å². The smallest absolute Gasteiger partial charge is 0.382 e. The molecule has 1 N–H and O–H groups in total. The van der Waals surface area contributed by atoms with Crippen LogP contribution in [0.3, 0.4) is 0 Å². The van der Waals surface area contributed by atoms with Crippen LogP contribution in [0.4, 0.5) is 39.5 Å². The second-order valence-corrected chi connectivity index (χ2v) is 5.03. The largest absolute Gasteiger partial charge is 0.435 e. The number of aliphatic hydroxyl groups is 1. The van der Waals surface area contributed by atoms with E-state index in [4.69, 9.17) is 0 Å². The molecular weight excluding hydrogens is 347 g/mol. The zero-order chi connectivity index (χ0) is 17.8. The summed E-state index contributed by atoms with van der Waals surface area (Å²) in [6, 6.07) is 0. The minimum atomic E-state index is -5.26. The van der Waals surface area contributed by atoms with Crippen molar-refractivity contribution in [3.63, 3.8) is 0 Å². The number of nitrogens with zero attached hydrogens (tertiary/aromatic N) is 2. The third-order valence-electron chi connectivity index (χ3n) is 3.34. The summed E-state index contributed by atoms with van der Waals surface area (Å²) in [5, 5.41) is 12.1. The fraction of sp³-hybridized carbons (Fsp3) is 0.727. The molecule has 2 rings (SSSR count). The highest BCUT2D eigenvalue weighted by atomic mass is 19.4. The van der Waals surface area contributed by atoms with E-state index in [9.17, 15) is 44.6 Å². The Morgan fingerprint density at radius 3 is 2.17 bits per heavy atom. The van der Waals surface area contributed by atoms with E-state index in [0.717, 1.165) is 0 Å². The predicted molar refractivity (Wildman–Crippen MR) is 56.3 cm³/mol. The summed E-state index contributed by atoms with van der Waals surface area (Å²) in [6.45, 7) is -0.846. The summed E-state index contributed by atoms with van der Waals surface area (Å²) in [7, 11) is 0. The monoisotopic (exact) mass is 356 g/mol. The van der Waals surface area contributed by atoms with Gasteiger partial charge in [0.05, 0.1) is 5.69 Å². The molecule has 23 heavy (non-hydrogen) atoms. The molecule has 0 aliphatic heterocycles. The number of hydrogen-bond acceptors (Lipinski definition) is 2. The maximum atomic E-state index is 13.7. The molecule has 0 aromatic carbocycles. The van der Waals surface area contributed by atoms with Crippen LogP contribution in [0, 0.1) is 0 Å². The first-order chi connectivity index (χ1) is 10.3. The van der Waals surface area contributed by atoms with Crippen LogP contribution in [0.5, 0.6) is 0 Å². The van der Waals surface area contributed by atoms with Crippen LogP contribution in [0.1, 0.15) is 42.1 Å². The number of halogens is 9. The third-order valence-corrected chi connectivity index (χ3v) is 3.34. The van der Waals surface area contributed by atoms with Gasteiger partial charge in [0.1, 0.15) is 6.10 Å². The second-order valence-electron chi connectivity index (χ2n) is 5.03. The van der Waals surface area contributed by atoms with Crippen LogP contribution in [-0.4, -0.2) is 27.0 Å². The SMILES string of the molecule is O[C@H]1c2c(C(F)(F)F)nn(CCCC(F)(F)F)c2[C@H](F)C1(F)F. The van der Waals surface area contributed by atoms with Crippen LogP contribution in [-0.2, 0) is 12.7 Å². The van der Waals surface area contributed by atoms with E-state index < -0.39 is 66.9 Å². The summed E-state index contributed by atoms with van der Waals surface area (Å²) in [6.07, 6.45) is -18.4. The third kappa shape index (κ3) is 3.12. The molecule has 0 amide bonds. The zero-order valence-electron chi connectivity index (χ0n) is 11.0. The standard InChI is InChI=1S/C11H9F9N2O/c12-6-5-4(8(23)10(6,16)17)7(11(18,19)20)21-22(5)3-1-2-9(13,14)15/h6,8,23H,1-3H2/t6-,8-/m0/s1. The van der Waals surface area contributed by atoms with Crippen LogP contribution < -0.4 is 0 Å². The molecule has 1 aliphatic rings. The van der Waals surface area contributed by atoms with Gasteiger partial charge in [-0.2, -0.15) is 40.2 Å². The molecule has 0 fully saturated rings. The van der Waals surface area contributed by atoms with Crippen molar-refractivity contribution >= 4 is 0 Å². The summed E-state index contributed by atoms with van der Waals surface area (Å²) >= 11 is 0. The van der Waals surface area contributed by atoms with E-state index in [0.29, 0.717) is 0 Å². The fourth-order valence-corrected chi connectivity index (χ4v) is 2.35. The highest BCUT2D eigenvalue weighted by Crippen LogP contribution is 2.55. The average Bonchev–Trinajstić information content (AvgIpc) is 2.80. The van der Waals surface area contributed by atoms with Gasteiger partial charge in [0.15, 0.2) is 5.69 Å². The van der Waals surface area contributed by atoms with Gasteiger partial charge >= 0.3 is 18.3 Å². The molecule has 1 aromatic heterocycles. The van der Waals surface area contributed by atoms with Crippen LogP contribution in [0.15, 0.2) is 0 Å². The minimum Gasteiger partial charge on any atom is -0.382 e. The molecule has 1 heterocycles. The zero-order valence-corrected chi connectivity index (χ0v) is 11.0. The lowest BCUT2D eigenvalue weighted by Crippen LogP contribution is -2.27. The van der Waals surface area contributed by atoms with Crippen molar-refractivity contribution in [1.82, 2.24) is 9.78 Å². The van der Waals surface area contributed by atoms with Gasteiger partial charge in [0.2, 0.25) is 6.17 Å². The van der Waals surface area contributed by atoms with Crippen LogP contribution in [0.25, 0.3) is 0 Å². The van der Waals surface area contributed by atoms with Crippen LogP contribution >= 0.6 is 0 Å². The normalized spacial score (nSPS) is 24.1. The van der Waals surface area contributed by atoms with E-state index in [1.807, 2.05) is 0 Å². The maximum absolute atomic E-state index is 13.7. The molecular formula is C11H9F9N2O. The van der Waals surface area contributed by atoms with Crippen molar-refractivity contribution in [2.75, 3.05) is 0 Å². The summed E-state index contributed by atoms with van der Waals surface area (Å²) < 4.78 is 115. The summed E-state index contributed by atoms with van der Waals surface area (Å²) in [4.78, 5) is 0. The van der Waals surface area contributed by atoms with E-state index in [1.54, 1.807) is 0 Å². The molecule has 132 valence electrons. The van der Waals surface area contributed by atoms with Gasteiger partial charge < -0.3 is 5.11 Å². The molecule has 0 saturated carbocycles. The Morgan fingerprint density at radius 1 is 1.13 bits per heavy atom. The molecule has 1 aromatic rings. The van der Waals surface area contributed by atoms with Crippen molar-refractivity contribution in [1.29, 1.82) is 0 Å². The van der Waals surface area contributed by atoms with E-state index >= 15 is 0 Å². The second kappa shape index (κ2) is 5.28. The van der Waals surface area contributed by atoms with E-state index in [-0.39, 0.29) is 4.68 Å². The molecule has 1 aliphatic carbocycles. The number of hydrogen-bond donors (Lipinski definition) is 1. The van der Waals surface area contributed by atoms with Gasteiger partial charge in [-0.25, -0.2) is 4.39 Å². The first kappa shape index (κ1) is 17.9. The Balaban J connectivity index is 2.41. The Bertz CT molecular complexity index is 590. The lowest BCUT2D eigenvalue weighted by Gasteiger charge is -2.18. The maximum Gasteiger partial charge on any atom is 0.435 e. The lowest BCUT2D eigenvalue weighted by atomic mass is 10.1. The van der Waals surface area contributed by atoms with Gasteiger partial charge in [-0.15, -0.1) is 0 Å². The Kier molecular flexibility index (Phi) is 4.11. The molecule has 0 spiro atoms. The van der Waals surface area contributed by atoms with E-state index in [1.165, 1.54) is 0 Å². The van der Waals surface area contributed by atoms with Crippen LogP contribution in [0.2, 0.25) is 0 Å². The average molecular weight is 356 g/mol. The Labute approximate surface area is 122 Å². The Hall–Kier alpha value is -1.46. The molecule has 0 radical (unpaired) electrons. The number of aliphatic hydroxyl groups excluding tert-OH is 1. The van der Waals surface area contributed by atoms with Crippen molar-refractivity contribution in [2.24, 2.45) is 0 Å². The first-order valence-electron chi connectivity index (χ1n) is 6.21. The first-order valence-corrected chi connectivity index (χ1v) is 6.21. The number of aryl methyl sites for hydroxylation is 1. The highest BCUT2D eigenvalue weighted by molar-refractivity contribution is 5.40. The minimum absolute atomic E-state index is 0.124. The quantitative estimate of drug-likeness (QED) is 0.834. The summed E-state index contributed by atoms with van der Waals surface area (Å²) in [5.74, 6) is -4.51.